The maximum Gasteiger partial charge on any atom is 0.213 e. The van der Waals surface area contributed by atoms with Gasteiger partial charge in [-0.05, 0) is 6.92 Å². The van der Waals surface area contributed by atoms with Crippen LogP contribution < -0.4 is 11.1 Å². The number of fused-ring (bicyclic) bond motifs is 1. The van der Waals surface area contributed by atoms with Crippen molar-refractivity contribution in [1.82, 2.24) is 19.4 Å². The summed E-state index contributed by atoms with van der Waals surface area (Å²) in [6.07, 6.45) is 6.89. The van der Waals surface area contributed by atoms with Gasteiger partial charge < -0.3 is 19.9 Å². The molecule has 0 saturated heterocycles. The molecule has 92 valence electrons. The monoisotopic (exact) mass is 244 g/mol. The fourth-order valence-electron chi connectivity index (χ4n) is 1.71. The van der Waals surface area contributed by atoms with Crippen molar-refractivity contribution < 1.29 is 4.42 Å². The molecule has 7 nitrogen and oxygen atoms in total. The van der Waals surface area contributed by atoms with Crippen molar-refractivity contribution in [2.45, 2.75) is 13.5 Å². The van der Waals surface area contributed by atoms with E-state index in [-0.39, 0.29) is 0 Å². The molecule has 3 aromatic rings. The zero-order valence-corrected chi connectivity index (χ0v) is 9.79. The molecule has 0 spiro atoms. The summed E-state index contributed by atoms with van der Waals surface area (Å²) in [5, 5.41) is 3.11. The Morgan fingerprint density at radius 3 is 3.11 bits per heavy atom. The number of nitrogen functional groups attached to an aromatic ring is 1. The van der Waals surface area contributed by atoms with E-state index in [0.29, 0.717) is 29.7 Å². The minimum Gasteiger partial charge on any atom is -0.444 e. The zero-order chi connectivity index (χ0) is 12.5. The highest BCUT2D eigenvalue weighted by atomic mass is 16.4. The molecule has 7 heteroatoms. The molecule has 0 unspecified atom stereocenters. The molecule has 0 saturated carbocycles. The first-order chi connectivity index (χ1) is 8.72. The Bertz CT molecular complexity index is 686. The number of aryl methyl sites for hydroxylation is 1. The summed E-state index contributed by atoms with van der Waals surface area (Å²) < 4.78 is 7.18. The van der Waals surface area contributed by atoms with E-state index in [4.69, 9.17) is 10.2 Å². The molecule has 0 fully saturated rings. The molecule has 3 aromatic heterocycles. The van der Waals surface area contributed by atoms with Crippen molar-refractivity contribution in [3.8, 4) is 0 Å². The van der Waals surface area contributed by atoms with E-state index < -0.39 is 0 Å². The summed E-state index contributed by atoms with van der Waals surface area (Å²) in [7, 11) is 0. The third-order valence-corrected chi connectivity index (χ3v) is 2.47. The molecule has 0 amide bonds. The second-order valence-electron chi connectivity index (χ2n) is 3.89. The lowest BCUT2D eigenvalue weighted by Gasteiger charge is -2.05. The molecular weight excluding hydrogens is 232 g/mol. The van der Waals surface area contributed by atoms with Crippen LogP contribution >= 0.6 is 0 Å². The molecular formula is C11H12N6O. The van der Waals surface area contributed by atoms with Gasteiger partial charge in [-0.15, -0.1) is 0 Å². The number of anilines is 2. The fraction of sp³-hybridized carbons (Fsp3) is 0.182. The highest BCUT2D eigenvalue weighted by Crippen LogP contribution is 2.15. The smallest absolute Gasteiger partial charge is 0.213 e. The van der Waals surface area contributed by atoms with Crippen LogP contribution in [0.3, 0.4) is 0 Å². The number of rotatable bonds is 3. The van der Waals surface area contributed by atoms with Gasteiger partial charge in [-0.25, -0.2) is 15.0 Å². The second kappa shape index (κ2) is 4.02. The molecule has 0 radical (unpaired) electrons. The van der Waals surface area contributed by atoms with Gasteiger partial charge in [0, 0.05) is 12.4 Å². The van der Waals surface area contributed by atoms with Crippen LogP contribution in [0.1, 0.15) is 11.7 Å². The van der Waals surface area contributed by atoms with E-state index in [1.165, 1.54) is 0 Å². The first-order valence-corrected chi connectivity index (χ1v) is 5.47. The molecule has 0 aliphatic rings. The van der Waals surface area contributed by atoms with E-state index in [1.807, 2.05) is 17.5 Å². The minimum atomic E-state index is 0.423. The summed E-state index contributed by atoms with van der Waals surface area (Å²) in [4.78, 5) is 12.5. The fourth-order valence-corrected chi connectivity index (χ4v) is 1.71. The number of oxazole rings is 1. The highest BCUT2D eigenvalue weighted by molar-refractivity contribution is 5.64. The van der Waals surface area contributed by atoms with Crippen molar-refractivity contribution in [2.24, 2.45) is 0 Å². The lowest BCUT2D eigenvalue weighted by Crippen LogP contribution is -2.06. The first kappa shape index (κ1) is 10.6. The minimum absolute atomic E-state index is 0.423. The number of nitrogens with zero attached hydrogens (tertiary/aromatic N) is 4. The van der Waals surface area contributed by atoms with Crippen LogP contribution in [0, 0.1) is 6.92 Å². The van der Waals surface area contributed by atoms with Gasteiger partial charge in [0.15, 0.2) is 11.5 Å². The van der Waals surface area contributed by atoms with Crippen molar-refractivity contribution in [2.75, 3.05) is 11.1 Å². The van der Waals surface area contributed by atoms with E-state index in [9.17, 15) is 0 Å². The molecule has 3 N–H and O–H groups in total. The van der Waals surface area contributed by atoms with Gasteiger partial charge in [0.05, 0.1) is 18.9 Å². The zero-order valence-electron chi connectivity index (χ0n) is 9.79. The molecule has 3 rings (SSSR count). The third kappa shape index (κ3) is 1.86. The molecule has 0 aromatic carbocycles. The topological polar surface area (TPSA) is 94.3 Å². The summed E-state index contributed by atoms with van der Waals surface area (Å²) in [6.45, 7) is 2.29. The van der Waals surface area contributed by atoms with Crippen molar-refractivity contribution in [3.63, 3.8) is 0 Å². The summed E-state index contributed by atoms with van der Waals surface area (Å²) >= 11 is 0. The summed E-state index contributed by atoms with van der Waals surface area (Å²) in [5.74, 6) is 2.40. The Balaban J connectivity index is 1.87. The number of hydrogen-bond acceptors (Lipinski definition) is 6. The Morgan fingerprint density at radius 2 is 2.33 bits per heavy atom. The SMILES string of the molecule is Cc1cnc(CNc2nc(N)cn3ccnc23)o1. The van der Waals surface area contributed by atoms with Crippen molar-refractivity contribution in [3.05, 3.63) is 36.4 Å². The van der Waals surface area contributed by atoms with E-state index in [0.717, 1.165) is 5.76 Å². The summed E-state index contributed by atoms with van der Waals surface area (Å²) in [5.41, 5.74) is 6.43. The van der Waals surface area contributed by atoms with Gasteiger partial charge in [0.2, 0.25) is 5.89 Å². The average Bonchev–Trinajstić information content (AvgIpc) is 2.94. The van der Waals surface area contributed by atoms with Crippen LogP contribution in [0.25, 0.3) is 5.65 Å². The van der Waals surface area contributed by atoms with Gasteiger partial charge >= 0.3 is 0 Å². The van der Waals surface area contributed by atoms with Crippen LogP contribution in [0.5, 0.6) is 0 Å². The highest BCUT2D eigenvalue weighted by Gasteiger charge is 2.07. The molecule has 3 heterocycles. The summed E-state index contributed by atoms with van der Waals surface area (Å²) in [6, 6.07) is 0. The standard InChI is InChI=1S/C11H12N6O/c1-7-4-14-9(18-7)5-15-10-11-13-2-3-17(11)6-8(12)16-10/h2-4,6H,5,12H2,1H3,(H,15,16). The Hall–Kier alpha value is -2.57. The van der Waals surface area contributed by atoms with Crippen molar-refractivity contribution >= 4 is 17.3 Å². The number of aromatic nitrogens is 4. The van der Waals surface area contributed by atoms with Gasteiger partial charge in [-0.1, -0.05) is 0 Å². The number of hydrogen-bond donors (Lipinski definition) is 2. The first-order valence-electron chi connectivity index (χ1n) is 5.47. The van der Waals surface area contributed by atoms with Crippen LogP contribution in [0.2, 0.25) is 0 Å². The Kier molecular flexibility index (Phi) is 2.36. The normalized spacial score (nSPS) is 10.9. The lowest BCUT2D eigenvalue weighted by molar-refractivity contribution is 0.479. The predicted octanol–water partition coefficient (Wildman–Crippen LogP) is 1.22. The quantitative estimate of drug-likeness (QED) is 0.719. The van der Waals surface area contributed by atoms with Crippen LogP contribution in [0.15, 0.2) is 29.2 Å². The van der Waals surface area contributed by atoms with Crippen LogP contribution in [0.4, 0.5) is 11.6 Å². The van der Waals surface area contributed by atoms with Gasteiger partial charge in [-0.2, -0.15) is 0 Å². The van der Waals surface area contributed by atoms with Crippen molar-refractivity contribution in [1.29, 1.82) is 0 Å². The Morgan fingerprint density at radius 1 is 1.44 bits per heavy atom. The number of imidazole rings is 1. The third-order valence-electron chi connectivity index (χ3n) is 2.47. The molecule has 18 heavy (non-hydrogen) atoms. The number of nitrogens with two attached hydrogens (primary N) is 1. The van der Waals surface area contributed by atoms with E-state index in [2.05, 4.69) is 20.3 Å². The molecule has 0 aliphatic heterocycles. The van der Waals surface area contributed by atoms with Gasteiger partial charge in [-0.3, -0.25) is 0 Å². The lowest BCUT2D eigenvalue weighted by atomic mass is 10.5. The molecule has 0 bridgehead atoms. The number of nitrogens with one attached hydrogen (secondary N) is 1. The maximum absolute atomic E-state index is 5.72. The van der Waals surface area contributed by atoms with E-state index >= 15 is 0 Å². The maximum atomic E-state index is 5.72. The van der Waals surface area contributed by atoms with E-state index in [1.54, 1.807) is 18.6 Å². The predicted molar refractivity (Wildman–Crippen MR) is 66.0 cm³/mol. The average molecular weight is 244 g/mol. The molecule has 0 atom stereocenters. The second-order valence-corrected chi connectivity index (χ2v) is 3.89. The Labute approximate surface area is 103 Å². The van der Waals surface area contributed by atoms with Crippen LogP contribution in [-0.4, -0.2) is 19.4 Å². The van der Waals surface area contributed by atoms with Gasteiger partial charge in [0.1, 0.15) is 11.6 Å². The van der Waals surface area contributed by atoms with Gasteiger partial charge in [0.25, 0.3) is 0 Å². The van der Waals surface area contributed by atoms with Crippen LogP contribution in [-0.2, 0) is 6.54 Å². The largest absolute Gasteiger partial charge is 0.444 e. The molecule has 0 aliphatic carbocycles.